The zero-order valence-corrected chi connectivity index (χ0v) is 19.9. The molecule has 0 bridgehead atoms. The number of nitrogens with zero attached hydrogens (tertiary/aromatic N) is 2. The van der Waals surface area contributed by atoms with Gasteiger partial charge in [-0.25, -0.2) is 9.18 Å². The highest BCUT2D eigenvalue weighted by Crippen LogP contribution is 2.36. The molecule has 0 fully saturated rings. The van der Waals surface area contributed by atoms with Crippen LogP contribution >= 0.6 is 11.3 Å². The van der Waals surface area contributed by atoms with Crippen molar-refractivity contribution < 1.29 is 23.5 Å². The Balaban J connectivity index is 2.01. The Kier molecular flexibility index (Phi) is 6.71. The minimum atomic E-state index is -1.00. The van der Waals surface area contributed by atoms with Crippen molar-refractivity contribution in [1.82, 2.24) is 4.57 Å². The van der Waals surface area contributed by atoms with Gasteiger partial charge in [0.05, 0.1) is 37.4 Å². The average molecular weight is 507 g/mol. The molecular formula is C25H19FN4O5S. The molecule has 4 rings (SSSR count). The summed E-state index contributed by atoms with van der Waals surface area (Å²) in [5.74, 6) is -2.49. The second-order valence-corrected chi connectivity index (χ2v) is 8.60. The first-order valence-electron chi connectivity index (χ1n) is 10.5. The molecule has 0 unspecified atom stereocenters. The number of carbonyl (C=O) groups is 2. The molecule has 2 heterocycles. The topological polar surface area (TPSA) is 136 Å². The first-order valence-corrected chi connectivity index (χ1v) is 11.3. The van der Waals surface area contributed by atoms with Crippen molar-refractivity contribution in [2.75, 3.05) is 19.5 Å². The number of benzene rings is 2. The van der Waals surface area contributed by atoms with E-state index in [0.717, 1.165) is 29.1 Å². The fourth-order valence-electron chi connectivity index (χ4n) is 3.79. The maximum atomic E-state index is 13.7. The Morgan fingerprint density at radius 3 is 2.42 bits per heavy atom. The molecule has 0 radical (unpaired) electrons. The van der Waals surface area contributed by atoms with Gasteiger partial charge in [-0.1, -0.05) is 12.1 Å². The van der Waals surface area contributed by atoms with Gasteiger partial charge in [0.25, 0.3) is 11.5 Å². The van der Waals surface area contributed by atoms with Crippen molar-refractivity contribution in [2.24, 2.45) is 5.73 Å². The lowest BCUT2D eigenvalue weighted by atomic mass is 9.83. The van der Waals surface area contributed by atoms with Crippen LogP contribution in [0.5, 0.6) is 5.75 Å². The number of amides is 1. The van der Waals surface area contributed by atoms with E-state index < -0.39 is 29.2 Å². The first kappa shape index (κ1) is 24.4. The minimum absolute atomic E-state index is 0.0356. The molecule has 0 saturated heterocycles. The molecule has 11 heteroatoms. The molecule has 9 nitrogen and oxygen atoms in total. The van der Waals surface area contributed by atoms with Gasteiger partial charge in [-0.3, -0.25) is 14.2 Å². The molecule has 1 aromatic heterocycles. The number of halogens is 1. The van der Waals surface area contributed by atoms with E-state index in [0.29, 0.717) is 17.0 Å². The fraction of sp³-hybridized carbons (Fsp3) is 0.120. The second-order valence-electron chi connectivity index (χ2n) is 7.57. The van der Waals surface area contributed by atoms with E-state index >= 15 is 0 Å². The van der Waals surface area contributed by atoms with Crippen LogP contribution in [0.15, 0.2) is 58.9 Å². The number of methoxy groups -OCH3 is 2. The third kappa shape index (κ3) is 4.37. The molecule has 1 amide bonds. The largest absolute Gasteiger partial charge is 0.497 e. The predicted octanol–water partition coefficient (Wildman–Crippen LogP) is 1.25. The van der Waals surface area contributed by atoms with Crippen LogP contribution in [-0.4, -0.2) is 30.7 Å². The van der Waals surface area contributed by atoms with E-state index in [1.807, 2.05) is 6.07 Å². The molecule has 1 aliphatic heterocycles. The number of esters is 1. The third-order valence-corrected chi connectivity index (χ3v) is 6.62. The fourth-order valence-corrected chi connectivity index (χ4v) is 4.93. The van der Waals surface area contributed by atoms with Gasteiger partial charge in [-0.15, -0.1) is 11.3 Å². The Morgan fingerprint density at radius 2 is 1.83 bits per heavy atom. The summed E-state index contributed by atoms with van der Waals surface area (Å²) in [6.45, 7) is 0. The van der Waals surface area contributed by atoms with Crippen molar-refractivity contribution >= 4 is 46.4 Å². The summed E-state index contributed by atoms with van der Waals surface area (Å²) in [7, 11) is 2.67. The zero-order chi connectivity index (χ0) is 26.0. The summed E-state index contributed by atoms with van der Waals surface area (Å²) in [6, 6.07) is 13.8. The lowest BCUT2D eigenvalue weighted by Crippen LogP contribution is -2.40. The number of nitriles is 1. The highest BCUT2D eigenvalue weighted by Gasteiger charge is 2.35. The monoisotopic (exact) mass is 506 g/mol. The van der Waals surface area contributed by atoms with E-state index in [1.54, 1.807) is 24.3 Å². The number of nitrogens with two attached hydrogens (primary N) is 1. The number of hydrogen-bond acceptors (Lipinski definition) is 8. The minimum Gasteiger partial charge on any atom is -0.497 e. The number of allylic oxidation sites excluding steroid dienone is 1. The van der Waals surface area contributed by atoms with E-state index in [9.17, 15) is 24.0 Å². The lowest BCUT2D eigenvalue weighted by Gasteiger charge is -2.25. The number of aromatic nitrogens is 1. The quantitative estimate of drug-likeness (QED) is 0.497. The number of rotatable bonds is 5. The number of fused-ring (bicyclic) bond motifs is 1. The van der Waals surface area contributed by atoms with Crippen LogP contribution < -0.4 is 30.5 Å². The number of anilines is 1. The van der Waals surface area contributed by atoms with Crippen molar-refractivity contribution in [2.45, 2.75) is 5.92 Å². The Hall–Kier alpha value is -4.69. The molecule has 182 valence electrons. The summed E-state index contributed by atoms with van der Waals surface area (Å²) >= 11 is 0.855. The van der Waals surface area contributed by atoms with Crippen LogP contribution in [0.1, 0.15) is 11.5 Å². The van der Waals surface area contributed by atoms with E-state index in [-0.39, 0.29) is 26.2 Å². The van der Waals surface area contributed by atoms with Crippen molar-refractivity contribution in [3.05, 3.63) is 85.0 Å². The SMILES string of the molecule is COC(=O)/C=c1\sc2n(c1=O)C(N)=C(C#N)[C@H](c1ccc(F)cc1)C=2C(=O)Nc1ccc(OC)cc1. The van der Waals surface area contributed by atoms with E-state index in [2.05, 4.69) is 10.1 Å². The maximum absolute atomic E-state index is 13.7. The second kappa shape index (κ2) is 9.89. The summed E-state index contributed by atoms with van der Waals surface area (Å²) < 4.78 is 24.6. The number of hydrogen-bond donors (Lipinski definition) is 2. The van der Waals surface area contributed by atoms with Crippen LogP contribution in [-0.2, 0) is 14.3 Å². The molecule has 0 saturated carbocycles. The molecule has 3 N–H and O–H groups in total. The molecule has 1 aliphatic rings. The summed E-state index contributed by atoms with van der Waals surface area (Å²) in [5, 5.41) is 12.8. The van der Waals surface area contributed by atoms with Crippen molar-refractivity contribution in [3.63, 3.8) is 0 Å². The Morgan fingerprint density at radius 1 is 1.17 bits per heavy atom. The highest BCUT2D eigenvalue weighted by atomic mass is 32.1. The van der Waals surface area contributed by atoms with Gasteiger partial charge < -0.3 is 20.5 Å². The van der Waals surface area contributed by atoms with Crippen LogP contribution in [0.2, 0.25) is 0 Å². The summed E-state index contributed by atoms with van der Waals surface area (Å²) in [5.41, 5.74) is 6.38. The predicted molar refractivity (Wildman–Crippen MR) is 131 cm³/mol. The molecule has 3 aromatic rings. The molecule has 36 heavy (non-hydrogen) atoms. The van der Waals surface area contributed by atoms with Crippen molar-refractivity contribution in [3.8, 4) is 11.8 Å². The average Bonchev–Trinajstić information content (AvgIpc) is 3.20. The maximum Gasteiger partial charge on any atom is 0.332 e. The smallest absolute Gasteiger partial charge is 0.332 e. The standard InChI is InChI=1S/C25H19FN4O5S/c1-34-16-9-7-15(8-10-16)29-23(32)21-20(13-3-5-14(26)6-4-13)17(12-27)22(28)30-24(33)18(36-25(21)30)11-19(31)35-2/h3-11,20H,28H2,1-2H3,(H,29,32)/b18-11-/t20-/m0/s1. The lowest BCUT2D eigenvalue weighted by molar-refractivity contribution is -0.133. The van der Waals surface area contributed by atoms with Crippen LogP contribution in [0.4, 0.5) is 10.1 Å². The van der Waals surface area contributed by atoms with Crippen molar-refractivity contribution in [1.29, 1.82) is 5.26 Å². The van der Waals surface area contributed by atoms with Gasteiger partial charge in [0.2, 0.25) is 0 Å². The van der Waals surface area contributed by atoms with Crippen LogP contribution in [0.3, 0.4) is 0 Å². The van der Waals surface area contributed by atoms with Gasteiger partial charge in [0.15, 0.2) is 0 Å². The molecule has 0 aliphatic carbocycles. The first-order chi connectivity index (χ1) is 17.3. The van der Waals surface area contributed by atoms with Gasteiger partial charge in [-0.2, -0.15) is 5.26 Å². The molecular weight excluding hydrogens is 487 g/mol. The number of ether oxygens (including phenoxy) is 2. The number of nitrogens with one attached hydrogen (secondary N) is 1. The Bertz CT molecular complexity index is 1610. The molecule has 0 spiro atoms. The van der Waals surface area contributed by atoms with Gasteiger partial charge >= 0.3 is 5.97 Å². The van der Waals surface area contributed by atoms with Gasteiger partial charge in [0, 0.05) is 11.8 Å². The molecule has 1 atom stereocenters. The number of carbonyl (C=O) groups excluding carboxylic acids is 2. The van der Waals surface area contributed by atoms with Gasteiger partial charge in [0.1, 0.15) is 26.6 Å². The Labute approximate surface area is 207 Å². The van der Waals surface area contributed by atoms with Crippen LogP contribution in [0, 0.1) is 17.1 Å². The highest BCUT2D eigenvalue weighted by molar-refractivity contribution is 7.07. The van der Waals surface area contributed by atoms with E-state index in [4.69, 9.17) is 10.5 Å². The normalized spacial score (nSPS) is 15.2. The summed E-state index contributed by atoms with van der Waals surface area (Å²) in [4.78, 5) is 38.6. The molecule has 2 aromatic carbocycles. The van der Waals surface area contributed by atoms with Gasteiger partial charge in [-0.05, 0) is 42.0 Å². The zero-order valence-electron chi connectivity index (χ0n) is 19.1. The number of thiazole rings is 1. The summed E-state index contributed by atoms with van der Waals surface area (Å²) in [6.07, 6.45) is 0.990. The van der Waals surface area contributed by atoms with E-state index in [1.165, 1.54) is 31.4 Å². The van der Waals surface area contributed by atoms with Crippen LogP contribution in [0.25, 0.3) is 17.5 Å². The third-order valence-electron chi connectivity index (χ3n) is 5.51.